The van der Waals surface area contributed by atoms with Gasteiger partial charge in [0, 0.05) is 22.3 Å². The highest BCUT2D eigenvalue weighted by atomic mass is 79.9. The Balaban J connectivity index is 2.17. The van der Waals surface area contributed by atoms with Crippen LogP contribution in [0.4, 0.5) is 5.69 Å². The number of hydrogen-bond acceptors (Lipinski definition) is 3. The summed E-state index contributed by atoms with van der Waals surface area (Å²) in [4.78, 5) is 0. The van der Waals surface area contributed by atoms with Gasteiger partial charge in [-0.3, -0.25) is 0 Å². The fourth-order valence-electron chi connectivity index (χ4n) is 2.10. The van der Waals surface area contributed by atoms with E-state index in [9.17, 15) is 0 Å². The van der Waals surface area contributed by atoms with Crippen molar-refractivity contribution in [2.75, 3.05) is 23.9 Å². The molecule has 0 amide bonds. The van der Waals surface area contributed by atoms with Crippen LogP contribution in [0.3, 0.4) is 0 Å². The Morgan fingerprint density at radius 3 is 2.89 bits per heavy atom. The number of halogens is 1. The van der Waals surface area contributed by atoms with Crippen molar-refractivity contribution in [3.63, 3.8) is 0 Å². The highest BCUT2D eigenvalue weighted by molar-refractivity contribution is 9.10. The predicted octanol–water partition coefficient (Wildman–Crippen LogP) is 4.40. The molecule has 1 fully saturated rings. The van der Waals surface area contributed by atoms with Crippen molar-refractivity contribution >= 4 is 33.4 Å². The molecule has 2 nitrogen and oxygen atoms in total. The molecule has 18 heavy (non-hydrogen) atoms. The first-order chi connectivity index (χ1) is 8.53. The Hall–Kier alpha value is -0.350. The van der Waals surface area contributed by atoms with Crippen molar-refractivity contribution < 1.29 is 4.74 Å². The van der Waals surface area contributed by atoms with Crippen LogP contribution in [0.15, 0.2) is 22.7 Å². The maximum atomic E-state index is 5.28. The second-order valence-electron chi connectivity index (χ2n) is 5.36. The van der Waals surface area contributed by atoms with Gasteiger partial charge in [0.25, 0.3) is 0 Å². The molecular weight excluding hydrogens is 310 g/mol. The Bertz CT molecular complexity index is 422. The Morgan fingerprint density at radius 2 is 2.22 bits per heavy atom. The average Bonchev–Trinajstić information content (AvgIpc) is 2.34. The lowest BCUT2D eigenvalue weighted by atomic mass is 9.82. The molecule has 0 saturated carbocycles. The van der Waals surface area contributed by atoms with Gasteiger partial charge in [-0.25, -0.2) is 0 Å². The summed E-state index contributed by atoms with van der Waals surface area (Å²) in [5, 5.41) is 3.67. The van der Waals surface area contributed by atoms with Crippen LogP contribution in [0.5, 0.6) is 5.75 Å². The minimum Gasteiger partial charge on any atom is -0.497 e. The largest absolute Gasteiger partial charge is 0.497 e. The van der Waals surface area contributed by atoms with Gasteiger partial charge in [-0.2, -0.15) is 11.8 Å². The molecule has 1 unspecified atom stereocenters. The number of hydrogen-bond donors (Lipinski definition) is 1. The van der Waals surface area contributed by atoms with E-state index >= 15 is 0 Å². The second-order valence-corrected chi connectivity index (χ2v) is 7.36. The molecule has 0 radical (unpaired) electrons. The lowest BCUT2D eigenvalue weighted by Crippen LogP contribution is -2.41. The molecular formula is C14H20BrNOS. The fraction of sp³-hybridized carbons (Fsp3) is 0.571. The molecule has 1 aliphatic rings. The maximum Gasteiger partial charge on any atom is 0.121 e. The summed E-state index contributed by atoms with van der Waals surface area (Å²) in [6.07, 6.45) is 1.26. The molecule has 0 aromatic heterocycles. The van der Waals surface area contributed by atoms with Gasteiger partial charge in [0.1, 0.15) is 5.75 Å². The molecule has 100 valence electrons. The summed E-state index contributed by atoms with van der Waals surface area (Å²) in [5.74, 6) is 3.32. The van der Waals surface area contributed by atoms with Crippen molar-refractivity contribution in [3.05, 3.63) is 22.7 Å². The first kappa shape index (κ1) is 14.1. The van der Waals surface area contributed by atoms with Gasteiger partial charge in [0.15, 0.2) is 0 Å². The molecule has 1 aliphatic heterocycles. The van der Waals surface area contributed by atoms with E-state index in [2.05, 4.69) is 41.2 Å². The molecule has 1 saturated heterocycles. The lowest BCUT2D eigenvalue weighted by Gasteiger charge is -2.39. The zero-order valence-corrected chi connectivity index (χ0v) is 13.5. The van der Waals surface area contributed by atoms with Crippen LogP contribution < -0.4 is 10.1 Å². The van der Waals surface area contributed by atoms with Crippen molar-refractivity contribution in [2.24, 2.45) is 5.41 Å². The lowest BCUT2D eigenvalue weighted by molar-refractivity contribution is 0.305. The predicted molar refractivity (Wildman–Crippen MR) is 83.8 cm³/mol. The molecule has 1 atom stereocenters. The normalized spacial score (nSPS) is 22.6. The molecule has 0 bridgehead atoms. The van der Waals surface area contributed by atoms with Gasteiger partial charge >= 0.3 is 0 Å². The van der Waals surface area contributed by atoms with E-state index < -0.39 is 0 Å². The summed E-state index contributed by atoms with van der Waals surface area (Å²) in [7, 11) is 1.70. The van der Waals surface area contributed by atoms with Gasteiger partial charge in [-0.15, -0.1) is 0 Å². The summed E-state index contributed by atoms with van der Waals surface area (Å²) in [6.45, 7) is 4.69. The smallest absolute Gasteiger partial charge is 0.121 e. The Morgan fingerprint density at radius 1 is 1.44 bits per heavy atom. The van der Waals surface area contributed by atoms with Gasteiger partial charge in [0.05, 0.1) is 12.8 Å². The summed E-state index contributed by atoms with van der Waals surface area (Å²) in [6, 6.07) is 6.55. The number of benzene rings is 1. The van der Waals surface area contributed by atoms with Gasteiger partial charge in [-0.1, -0.05) is 13.8 Å². The zero-order valence-electron chi connectivity index (χ0n) is 11.1. The van der Waals surface area contributed by atoms with Gasteiger partial charge in [-0.05, 0) is 45.7 Å². The number of rotatable bonds is 3. The molecule has 0 aliphatic carbocycles. The van der Waals surface area contributed by atoms with E-state index in [1.807, 2.05) is 23.9 Å². The fourth-order valence-corrected chi connectivity index (χ4v) is 4.07. The standard InChI is InChI=1S/C14H20BrNOS/c1-14(2)6-7-18-9-13(14)16-12-8-10(17-3)4-5-11(12)15/h4-5,8,13,16H,6-7,9H2,1-3H3. The van der Waals surface area contributed by atoms with Gasteiger partial charge in [0.2, 0.25) is 0 Å². The monoisotopic (exact) mass is 329 g/mol. The van der Waals surface area contributed by atoms with Crippen LogP contribution in [-0.4, -0.2) is 24.7 Å². The Labute approximate surface area is 122 Å². The quantitative estimate of drug-likeness (QED) is 0.887. The third-order valence-corrected chi connectivity index (χ3v) is 5.38. The van der Waals surface area contributed by atoms with Crippen molar-refractivity contribution in [2.45, 2.75) is 26.3 Å². The Kier molecular flexibility index (Phi) is 4.49. The molecule has 1 aromatic carbocycles. The number of thioether (sulfide) groups is 1. The minimum atomic E-state index is 0.341. The second kappa shape index (κ2) is 5.74. The van der Waals surface area contributed by atoms with Crippen molar-refractivity contribution in [1.29, 1.82) is 0 Å². The highest BCUT2D eigenvalue weighted by Crippen LogP contribution is 2.37. The molecule has 0 spiro atoms. The van der Waals surface area contributed by atoms with Crippen LogP contribution in [-0.2, 0) is 0 Å². The average molecular weight is 330 g/mol. The third-order valence-electron chi connectivity index (χ3n) is 3.62. The SMILES string of the molecule is COc1ccc(Br)c(NC2CSCCC2(C)C)c1. The first-order valence-corrected chi connectivity index (χ1v) is 8.15. The van der Waals surface area contributed by atoms with E-state index in [0.717, 1.165) is 21.7 Å². The highest BCUT2D eigenvalue weighted by Gasteiger charge is 2.32. The van der Waals surface area contributed by atoms with Crippen LogP contribution in [0.1, 0.15) is 20.3 Å². The molecule has 1 N–H and O–H groups in total. The number of ether oxygens (including phenoxy) is 1. The summed E-state index contributed by atoms with van der Waals surface area (Å²) in [5.41, 5.74) is 1.46. The van der Waals surface area contributed by atoms with E-state index in [0.29, 0.717) is 11.5 Å². The number of anilines is 1. The topological polar surface area (TPSA) is 21.3 Å². The third kappa shape index (κ3) is 3.15. The molecule has 2 rings (SSSR count). The van der Waals surface area contributed by atoms with Crippen LogP contribution in [0, 0.1) is 5.41 Å². The molecule has 1 aromatic rings. The molecule has 1 heterocycles. The summed E-state index contributed by atoms with van der Waals surface area (Å²) < 4.78 is 6.38. The minimum absolute atomic E-state index is 0.341. The number of methoxy groups -OCH3 is 1. The van der Waals surface area contributed by atoms with Crippen LogP contribution >= 0.6 is 27.7 Å². The van der Waals surface area contributed by atoms with E-state index in [-0.39, 0.29) is 0 Å². The van der Waals surface area contributed by atoms with Gasteiger partial charge < -0.3 is 10.1 Å². The van der Waals surface area contributed by atoms with E-state index in [4.69, 9.17) is 4.74 Å². The zero-order chi connectivity index (χ0) is 13.2. The van der Waals surface area contributed by atoms with E-state index in [1.165, 1.54) is 12.2 Å². The van der Waals surface area contributed by atoms with Crippen molar-refractivity contribution in [3.8, 4) is 5.75 Å². The summed E-state index contributed by atoms with van der Waals surface area (Å²) >= 11 is 5.63. The van der Waals surface area contributed by atoms with Crippen molar-refractivity contribution in [1.82, 2.24) is 0 Å². The van der Waals surface area contributed by atoms with E-state index in [1.54, 1.807) is 7.11 Å². The van der Waals surface area contributed by atoms with Crippen LogP contribution in [0.2, 0.25) is 0 Å². The molecule has 4 heteroatoms. The van der Waals surface area contributed by atoms with Crippen LogP contribution in [0.25, 0.3) is 0 Å². The number of nitrogens with one attached hydrogen (secondary N) is 1. The first-order valence-electron chi connectivity index (χ1n) is 6.21. The maximum absolute atomic E-state index is 5.28.